The van der Waals surface area contributed by atoms with E-state index in [1.807, 2.05) is 12.1 Å². The normalized spacial score (nSPS) is 12.5. The van der Waals surface area contributed by atoms with E-state index in [4.69, 9.17) is 0 Å². The number of nitrogens with zero attached hydrogens (tertiary/aromatic N) is 2. The van der Waals surface area contributed by atoms with Crippen LogP contribution in [0.5, 0.6) is 11.6 Å². The Morgan fingerprint density at radius 1 is 0.893 bits per heavy atom. The number of aromatic nitrogens is 2. The van der Waals surface area contributed by atoms with Crippen LogP contribution < -0.4 is 22.0 Å². The lowest BCUT2D eigenvalue weighted by molar-refractivity contribution is 0.446. The van der Waals surface area contributed by atoms with Gasteiger partial charge in [-0.2, -0.15) is 0 Å². The zero-order chi connectivity index (χ0) is 19.7. The third kappa shape index (κ3) is 3.14. The van der Waals surface area contributed by atoms with Gasteiger partial charge >= 0.3 is 5.69 Å². The van der Waals surface area contributed by atoms with E-state index in [1.54, 1.807) is 36.4 Å². The highest BCUT2D eigenvalue weighted by Gasteiger charge is 2.18. The minimum atomic E-state index is -0.830. The molecule has 2 aromatic carbocycles. The van der Waals surface area contributed by atoms with Crippen molar-refractivity contribution in [1.82, 2.24) is 9.97 Å². The lowest BCUT2D eigenvalue weighted by atomic mass is 10.1. The molecule has 138 valence electrons. The predicted molar refractivity (Wildman–Crippen MR) is 102 cm³/mol. The standard InChI is InChI=1S/C20H14N4O4/c25-15-8-4-1-5-11(15)9-10-12(16-18(26)23-20(28)24-19(16)27)17-21-13-6-2-3-7-14(13)22-17/h1-10,25H,(H3,23,24,26,27,28)/b10-9+. The van der Waals surface area contributed by atoms with E-state index < -0.39 is 17.1 Å². The molecule has 0 fully saturated rings. The van der Waals surface area contributed by atoms with E-state index in [2.05, 4.69) is 20.0 Å². The van der Waals surface area contributed by atoms with E-state index in [1.165, 1.54) is 12.1 Å². The minimum Gasteiger partial charge on any atom is -0.507 e. The number of fused-ring (bicyclic) bond motifs is 1. The molecule has 0 aliphatic carbocycles. The molecule has 0 atom stereocenters. The van der Waals surface area contributed by atoms with Crippen LogP contribution in [0.1, 0.15) is 11.1 Å². The molecule has 2 heterocycles. The lowest BCUT2D eigenvalue weighted by Gasteiger charge is -2.06. The quantitative estimate of drug-likeness (QED) is 0.540. The lowest BCUT2D eigenvalue weighted by Crippen LogP contribution is -2.24. The molecule has 4 rings (SSSR count). The van der Waals surface area contributed by atoms with Gasteiger partial charge in [0.05, 0.1) is 10.7 Å². The van der Waals surface area contributed by atoms with E-state index in [0.717, 1.165) is 0 Å². The van der Waals surface area contributed by atoms with Crippen LogP contribution in [-0.2, 0) is 0 Å². The van der Waals surface area contributed by atoms with E-state index in [-0.39, 0.29) is 22.7 Å². The molecular weight excluding hydrogens is 360 g/mol. The molecule has 0 bridgehead atoms. The summed E-state index contributed by atoms with van der Waals surface area (Å²) in [6.45, 7) is 0. The van der Waals surface area contributed by atoms with Gasteiger partial charge in [-0.3, -0.25) is 14.8 Å². The number of benzene rings is 2. The van der Waals surface area contributed by atoms with Crippen LogP contribution in [0, 0.1) is 0 Å². The summed E-state index contributed by atoms with van der Waals surface area (Å²) in [6, 6.07) is 13.8. The molecule has 28 heavy (non-hydrogen) atoms. The van der Waals surface area contributed by atoms with Gasteiger partial charge in [-0.25, -0.2) is 14.8 Å². The summed E-state index contributed by atoms with van der Waals surface area (Å²) in [6.07, 6.45) is 3.07. The Hall–Kier alpha value is -4.20. The molecule has 8 heteroatoms. The average Bonchev–Trinajstić information content (AvgIpc) is 3.08. The van der Waals surface area contributed by atoms with Gasteiger partial charge in [0.1, 0.15) is 11.3 Å². The first-order valence-corrected chi connectivity index (χ1v) is 8.32. The number of allylic oxidation sites excluding steroid dienone is 2. The van der Waals surface area contributed by atoms with Crippen LogP contribution in [0.2, 0.25) is 0 Å². The first-order valence-electron chi connectivity index (χ1n) is 8.32. The molecule has 8 nitrogen and oxygen atoms in total. The predicted octanol–water partition coefficient (Wildman–Crippen LogP) is 0.809. The molecular formula is C20H14N4O4. The fourth-order valence-electron chi connectivity index (χ4n) is 2.82. The van der Waals surface area contributed by atoms with Gasteiger partial charge in [0.25, 0.3) is 5.56 Å². The van der Waals surface area contributed by atoms with Gasteiger partial charge < -0.3 is 10.2 Å². The fourth-order valence-corrected chi connectivity index (χ4v) is 2.82. The molecule has 0 spiro atoms. The maximum absolute atomic E-state index is 12.4. The summed E-state index contributed by atoms with van der Waals surface area (Å²) < 4.78 is 0. The van der Waals surface area contributed by atoms with Crippen LogP contribution in [0.4, 0.5) is 0 Å². The highest BCUT2D eigenvalue weighted by atomic mass is 16.3. The van der Waals surface area contributed by atoms with Crippen LogP contribution in [-0.4, -0.2) is 20.2 Å². The van der Waals surface area contributed by atoms with Crippen molar-refractivity contribution in [2.24, 2.45) is 9.98 Å². The number of H-pyrrole nitrogens is 2. The number of hydrogen-bond donors (Lipinski definition) is 4. The molecule has 1 aromatic heterocycles. The van der Waals surface area contributed by atoms with Crippen molar-refractivity contribution >= 4 is 11.6 Å². The zero-order valence-corrected chi connectivity index (χ0v) is 14.4. The minimum absolute atomic E-state index is 0.0475. The summed E-state index contributed by atoms with van der Waals surface area (Å²) in [5.41, 5.74) is -1.11. The van der Waals surface area contributed by atoms with Gasteiger partial charge in [-0.1, -0.05) is 36.4 Å². The van der Waals surface area contributed by atoms with Gasteiger partial charge in [0, 0.05) is 11.1 Å². The van der Waals surface area contributed by atoms with E-state index in [9.17, 15) is 19.8 Å². The molecule has 4 N–H and O–H groups in total. The number of aromatic amines is 2. The Morgan fingerprint density at radius 2 is 1.54 bits per heavy atom. The van der Waals surface area contributed by atoms with Crippen molar-refractivity contribution in [2.75, 3.05) is 0 Å². The van der Waals surface area contributed by atoms with Gasteiger partial charge in [-0.15, -0.1) is 0 Å². The number of phenols is 1. The van der Waals surface area contributed by atoms with Crippen LogP contribution in [0.25, 0.3) is 11.6 Å². The molecule has 0 unspecified atom stereocenters. The second-order valence-corrected chi connectivity index (χ2v) is 5.97. The largest absolute Gasteiger partial charge is 0.507 e. The van der Waals surface area contributed by atoms with E-state index >= 15 is 0 Å². The molecule has 0 saturated carbocycles. The average molecular weight is 374 g/mol. The Labute approximate surface area is 157 Å². The first kappa shape index (κ1) is 17.2. The van der Waals surface area contributed by atoms with Gasteiger partial charge in [0.15, 0.2) is 5.82 Å². The van der Waals surface area contributed by atoms with E-state index in [0.29, 0.717) is 16.3 Å². The van der Waals surface area contributed by atoms with Gasteiger partial charge in [-0.05, 0) is 24.3 Å². The second-order valence-electron chi connectivity index (χ2n) is 5.97. The maximum Gasteiger partial charge on any atom is 0.328 e. The number of rotatable bonds is 3. The summed E-state index contributed by atoms with van der Waals surface area (Å²) in [5, 5.41) is 21.4. The number of phenolic OH excluding ortho intramolecular Hbond substituents is 1. The molecule has 1 aliphatic rings. The Bertz CT molecular complexity index is 1340. The first-order chi connectivity index (χ1) is 13.5. The second kappa shape index (κ2) is 6.84. The van der Waals surface area contributed by atoms with Crippen molar-refractivity contribution in [3.63, 3.8) is 0 Å². The number of para-hydroxylation sites is 3. The summed E-state index contributed by atoms with van der Waals surface area (Å²) in [7, 11) is 0. The Morgan fingerprint density at radius 3 is 2.18 bits per heavy atom. The third-order valence-corrected chi connectivity index (χ3v) is 4.13. The monoisotopic (exact) mass is 374 g/mol. The Kier molecular flexibility index (Phi) is 4.21. The fraction of sp³-hybridized carbons (Fsp3) is 0. The number of aromatic hydroxyl groups is 2. The highest BCUT2D eigenvalue weighted by molar-refractivity contribution is 5.83. The van der Waals surface area contributed by atoms with Crippen molar-refractivity contribution in [3.8, 4) is 11.6 Å². The topological polar surface area (TPSA) is 131 Å². The molecule has 0 amide bonds. The summed E-state index contributed by atoms with van der Waals surface area (Å²) >= 11 is 0. The number of hydrogen-bond acceptors (Lipinski definition) is 6. The van der Waals surface area contributed by atoms with Crippen molar-refractivity contribution in [3.05, 3.63) is 103 Å². The SMILES string of the molecule is O=c1[nH]c(O)c(C(/C=C/c2ccccc2O)=C2N=c3ccccc3=N2)c(=O)[nH]1. The van der Waals surface area contributed by atoms with Crippen molar-refractivity contribution in [1.29, 1.82) is 0 Å². The maximum atomic E-state index is 12.4. The Balaban J connectivity index is 1.97. The smallest absolute Gasteiger partial charge is 0.328 e. The number of nitrogens with one attached hydrogen (secondary N) is 2. The van der Waals surface area contributed by atoms with Crippen molar-refractivity contribution in [2.45, 2.75) is 0 Å². The highest BCUT2D eigenvalue weighted by Crippen LogP contribution is 2.27. The third-order valence-electron chi connectivity index (χ3n) is 4.13. The van der Waals surface area contributed by atoms with Crippen LogP contribution >= 0.6 is 0 Å². The summed E-state index contributed by atoms with van der Waals surface area (Å²) in [4.78, 5) is 36.9. The van der Waals surface area contributed by atoms with Crippen LogP contribution in [0.3, 0.4) is 0 Å². The molecule has 1 aliphatic heterocycles. The zero-order valence-electron chi connectivity index (χ0n) is 14.4. The molecule has 0 radical (unpaired) electrons. The molecule has 0 saturated heterocycles. The van der Waals surface area contributed by atoms with Gasteiger partial charge in [0.2, 0.25) is 5.88 Å². The van der Waals surface area contributed by atoms with Crippen molar-refractivity contribution < 1.29 is 10.2 Å². The van der Waals surface area contributed by atoms with Crippen LogP contribution in [0.15, 0.2) is 80.0 Å². The molecule has 3 aromatic rings. The summed E-state index contributed by atoms with van der Waals surface area (Å²) in [5.74, 6) is -0.355.